The van der Waals surface area contributed by atoms with Crippen LogP contribution in [0.5, 0.6) is 0 Å². The van der Waals surface area contributed by atoms with Crippen molar-refractivity contribution in [1.82, 2.24) is 10.2 Å². The third kappa shape index (κ3) is 3.50. The van der Waals surface area contributed by atoms with Crippen LogP contribution in [0.2, 0.25) is 5.02 Å². The van der Waals surface area contributed by atoms with Crippen LogP contribution in [-0.4, -0.2) is 43.8 Å². The first-order chi connectivity index (χ1) is 9.28. The molecule has 0 aliphatic carbocycles. The summed E-state index contributed by atoms with van der Waals surface area (Å²) in [4.78, 5) is 13.6. The van der Waals surface area contributed by atoms with Gasteiger partial charge in [-0.3, -0.25) is 10.1 Å². The van der Waals surface area contributed by atoms with Crippen molar-refractivity contribution < 1.29 is 13.2 Å². The number of hydrogen-bond donors (Lipinski definition) is 1. The Morgan fingerprint density at radius 1 is 1.50 bits per heavy atom. The van der Waals surface area contributed by atoms with E-state index in [2.05, 4.69) is 5.32 Å². The van der Waals surface area contributed by atoms with Gasteiger partial charge in [-0.05, 0) is 24.6 Å². The molecule has 7 heteroatoms. The lowest BCUT2D eigenvalue weighted by Crippen LogP contribution is -2.41. The van der Waals surface area contributed by atoms with Gasteiger partial charge in [0, 0.05) is 17.3 Å². The van der Waals surface area contributed by atoms with Crippen molar-refractivity contribution in [2.45, 2.75) is 19.1 Å². The number of hydrogen-bond acceptors (Lipinski definition) is 4. The van der Waals surface area contributed by atoms with Crippen LogP contribution in [0.1, 0.15) is 18.7 Å². The lowest BCUT2D eigenvalue weighted by atomic mass is 10.1. The molecule has 1 aliphatic heterocycles. The molecule has 2 atom stereocenters. The molecule has 2 unspecified atom stereocenters. The summed E-state index contributed by atoms with van der Waals surface area (Å²) in [6.07, 6.45) is 0.837. The Bertz CT molecular complexity index is 618. The average Bonchev–Trinajstić information content (AvgIpc) is 2.69. The van der Waals surface area contributed by atoms with Crippen LogP contribution in [0, 0.1) is 0 Å². The zero-order chi connectivity index (χ0) is 14.9. The molecule has 0 radical (unpaired) electrons. The van der Waals surface area contributed by atoms with Crippen LogP contribution in [0.3, 0.4) is 0 Å². The third-order valence-electron chi connectivity index (χ3n) is 3.20. The molecule has 1 aliphatic rings. The first-order valence-electron chi connectivity index (χ1n) is 6.25. The molecule has 1 amide bonds. The number of nitrogens with one attached hydrogen (secondary N) is 1. The second-order valence-corrected chi connectivity index (χ2v) is 7.70. The van der Waals surface area contributed by atoms with E-state index in [1.54, 1.807) is 24.0 Å². The number of nitrogens with zero attached hydrogens (tertiary/aromatic N) is 1. The standard InChI is InChI=1S/C13H17ClN2O3S/c1-9(8-20(2,18)19)16-12(17)7-15-13(16)10-4-3-5-11(14)6-10/h3-6,9,13,15H,7-8H2,1-2H3. The van der Waals surface area contributed by atoms with E-state index in [1.807, 2.05) is 12.1 Å². The number of carbonyl (C=O) groups is 1. The predicted molar refractivity (Wildman–Crippen MR) is 78.2 cm³/mol. The molecule has 0 aromatic heterocycles. The summed E-state index contributed by atoms with van der Waals surface area (Å²) in [6, 6.07) is 6.81. The van der Waals surface area contributed by atoms with Crippen LogP contribution in [0.25, 0.3) is 0 Å². The molecule has 1 aromatic rings. The fourth-order valence-electron chi connectivity index (χ4n) is 2.49. The van der Waals surface area contributed by atoms with Crippen molar-refractivity contribution in [2.75, 3.05) is 18.6 Å². The van der Waals surface area contributed by atoms with Crippen molar-refractivity contribution in [3.63, 3.8) is 0 Å². The van der Waals surface area contributed by atoms with Crippen LogP contribution in [0.15, 0.2) is 24.3 Å². The maximum atomic E-state index is 12.0. The molecule has 0 spiro atoms. The fraction of sp³-hybridized carbons (Fsp3) is 0.462. The van der Waals surface area contributed by atoms with Gasteiger partial charge in [0.15, 0.2) is 0 Å². The van der Waals surface area contributed by atoms with E-state index in [4.69, 9.17) is 11.6 Å². The Labute approximate surface area is 123 Å². The predicted octanol–water partition coefficient (Wildman–Crippen LogP) is 1.20. The summed E-state index contributed by atoms with van der Waals surface area (Å²) in [5.41, 5.74) is 0.851. The van der Waals surface area contributed by atoms with Gasteiger partial charge in [-0.1, -0.05) is 23.7 Å². The summed E-state index contributed by atoms with van der Waals surface area (Å²) in [5.74, 6) is -0.163. The SMILES string of the molecule is CC(CS(C)(=O)=O)N1C(=O)CNC1c1cccc(Cl)c1. The fourth-order valence-corrected chi connectivity index (χ4v) is 3.73. The lowest BCUT2D eigenvalue weighted by molar-refractivity contribution is -0.129. The molecule has 1 N–H and O–H groups in total. The van der Waals surface area contributed by atoms with E-state index in [0.717, 1.165) is 5.56 Å². The molecule has 0 saturated carbocycles. The van der Waals surface area contributed by atoms with Crippen molar-refractivity contribution >= 4 is 27.3 Å². The van der Waals surface area contributed by atoms with Crippen molar-refractivity contribution in [3.8, 4) is 0 Å². The summed E-state index contributed by atoms with van der Waals surface area (Å²) in [7, 11) is -3.15. The Balaban J connectivity index is 2.27. The second kappa shape index (κ2) is 5.71. The lowest BCUT2D eigenvalue weighted by Gasteiger charge is -2.30. The third-order valence-corrected chi connectivity index (χ3v) is 4.52. The molecule has 0 bridgehead atoms. The van der Waals surface area contributed by atoms with Gasteiger partial charge in [-0.25, -0.2) is 8.42 Å². The summed E-state index contributed by atoms with van der Waals surface area (Å²) in [5, 5.41) is 3.67. The molecule has 1 saturated heterocycles. The van der Waals surface area contributed by atoms with Gasteiger partial charge < -0.3 is 4.90 Å². The number of rotatable bonds is 4. The van der Waals surface area contributed by atoms with Crippen LogP contribution in [-0.2, 0) is 14.6 Å². The van der Waals surface area contributed by atoms with Crippen molar-refractivity contribution in [2.24, 2.45) is 0 Å². The molecular formula is C13H17ClN2O3S. The monoisotopic (exact) mass is 316 g/mol. The van der Waals surface area contributed by atoms with Gasteiger partial charge in [0.1, 0.15) is 16.0 Å². The molecule has 110 valence electrons. The zero-order valence-corrected chi connectivity index (χ0v) is 12.9. The van der Waals surface area contributed by atoms with E-state index in [9.17, 15) is 13.2 Å². The molecule has 1 fully saturated rings. The van der Waals surface area contributed by atoms with E-state index < -0.39 is 15.9 Å². The van der Waals surface area contributed by atoms with Gasteiger partial charge in [0.05, 0.1) is 12.3 Å². The summed E-state index contributed by atoms with van der Waals surface area (Å²) >= 11 is 5.97. The first kappa shape index (κ1) is 15.3. The largest absolute Gasteiger partial charge is 0.318 e. The number of amides is 1. The molecule has 2 rings (SSSR count). The van der Waals surface area contributed by atoms with E-state index >= 15 is 0 Å². The normalized spacial score (nSPS) is 21.2. The Morgan fingerprint density at radius 2 is 2.20 bits per heavy atom. The smallest absolute Gasteiger partial charge is 0.238 e. The minimum absolute atomic E-state index is 0.0580. The maximum Gasteiger partial charge on any atom is 0.238 e. The van der Waals surface area contributed by atoms with Gasteiger partial charge in [-0.15, -0.1) is 0 Å². The first-order valence-corrected chi connectivity index (χ1v) is 8.69. The van der Waals surface area contributed by atoms with Crippen LogP contribution >= 0.6 is 11.6 Å². The highest BCUT2D eigenvalue weighted by atomic mass is 35.5. The van der Waals surface area contributed by atoms with Crippen LogP contribution < -0.4 is 5.32 Å². The van der Waals surface area contributed by atoms with E-state index in [0.29, 0.717) is 5.02 Å². The highest BCUT2D eigenvalue weighted by molar-refractivity contribution is 7.90. The number of carbonyl (C=O) groups excluding carboxylic acids is 1. The summed E-state index contributed by atoms with van der Waals surface area (Å²) < 4.78 is 22.8. The minimum atomic E-state index is -3.15. The summed E-state index contributed by atoms with van der Waals surface area (Å²) in [6.45, 7) is 1.94. The quantitative estimate of drug-likeness (QED) is 0.906. The topological polar surface area (TPSA) is 66.5 Å². The van der Waals surface area contributed by atoms with Gasteiger partial charge in [0.25, 0.3) is 0 Å². The Hall–Kier alpha value is -1.11. The highest BCUT2D eigenvalue weighted by Crippen LogP contribution is 2.27. The minimum Gasteiger partial charge on any atom is -0.318 e. The van der Waals surface area contributed by atoms with Gasteiger partial charge in [0.2, 0.25) is 5.91 Å². The molecular weight excluding hydrogens is 300 g/mol. The van der Waals surface area contributed by atoms with Crippen molar-refractivity contribution in [3.05, 3.63) is 34.9 Å². The number of sulfone groups is 1. The molecule has 1 aromatic carbocycles. The number of benzene rings is 1. The Morgan fingerprint density at radius 3 is 2.80 bits per heavy atom. The van der Waals surface area contributed by atoms with Crippen molar-refractivity contribution in [1.29, 1.82) is 0 Å². The molecule has 20 heavy (non-hydrogen) atoms. The Kier molecular flexibility index (Phi) is 4.36. The van der Waals surface area contributed by atoms with Gasteiger partial charge in [-0.2, -0.15) is 0 Å². The zero-order valence-electron chi connectivity index (χ0n) is 11.3. The highest BCUT2D eigenvalue weighted by Gasteiger charge is 2.36. The van der Waals surface area contributed by atoms with E-state index in [-0.39, 0.29) is 24.4 Å². The molecule has 1 heterocycles. The van der Waals surface area contributed by atoms with Gasteiger partial charge >= 0.3 is 0 Å². The number of halogens is 1. The van der Waals surface area contributed by atoms with Crippen LogP contribution in [0.4, 0.5) is 0 Å². The average molecular weight is 317 g/mol. The molecule has 5 nitrogen and oxygen atoms in total. The second-order valence-electron chi connectivity index (χ2n) is 5.08. The van der Waals surface area contributed by atoms with E-state index in [1.165, 1.54) is 6.26 Å². The maximum absolute atomic E-state index is 12.0.